The highest BCUT2D eigenvalue weighted by Crippen LogP contribution is 2.33. The Balaban J connectivity index is 1.43. The van der Waals surface area contributed by atoms with Gasteiger partial charge in [-0.2, -0.15) is 0 Å². The minimum atomic E-state index is -0.561. The number of nitrogens with zero attached hydrogens (tertiary/aromatic N) is 1. The maximum atomic E-state index is 12.7. The summed E-state index contributed by atoms with van der Waals surface area (Å²) in [4.78, 5) is 50.0. The number of rotatable bonds is 6. The summed E-state index contributed by atoms with van der Waals surface area (Å²) < 4.78 is 10.5. The summed E-state index contributed by atoms with van der Waals surface area (Å²) in [5.41, 5.74) is 2.78. The van der Waals surface area contributed by atoms with Crippen LogP contribution in [-0.4, -0.2) is 41.6 Å². The number of furan rings is 1. The Kier molecular flexibility index (Phi) is 6.65. The summed E-state index contributed by atoms with van der Waals surface area (Å²) in [6.07, 6.45) is 1.47. The van der Waals surface area contributed by atoms with Gasteiger partial charge in [0, 0.05) is 17.3 Å². The number of amides is 3. The number of carbonyl (C=O) groups excluding carboxylic acids is 4. The number of hydrogen-bond donors (Lipinski definition) is 1. The first-order valence-electron chi connectivity index (χ1n) is 10.2. The molecule has 1 aliphatic rings. The van der Waals surface area contributed by atoms with Crippen molar-refractivity contribution in [2.24, 2.45) is 0 Å². The molecule has 34 heavy (non-hydrogen) atoms. The van der Waals surface area contributed by atoms with Gasteiger partial charge >= 0.3 is 5.97 Å². The molecule has 8 nitrogen and oxygen atoms in total. The summed E-state index contributed by atoms with van der Waals surface area (Å²) in [5, 5.41) is 2.15. The van der Waals surface area contributed by atoms with Crippen molar-refractivity contribution >= 4 is 46.5 Å². The van der Waals surface area contributed by atoms with Crippen LogP contribution in [0.25, 0.3) is 17.4 Å². The van der Waals surface area contributed by atoms with Crippen molar-refractivity contribution in [3.8, 4) is 11.3 Å². The van der Waals surface area contributed by atoms with E-state index in [0.29, 0.717) is 22.8 Å². The second-order valence-electron chi connectivity index (χ2n) is 7.45. The summed E-state index contributed by atoms with van der Waals surface area (Å²) in [5.74, 6) is -0.562. The number of thioether (sulfide) groups is 1. The third-order valence-corrected chi connectivity index (χ3v) is 5.91. The van der Waals surface area contributed by atoms with Gasteiger partial charge in [-0.3, -0.25) is 19.3 Å². The number of nitrogens with one attached hydrogen (secondary N) is 1. The average molecular weight is 477 g/mol. The number of ether oxygens (including phenoxy) is 1. The van der Waals surface area contributed by atoms with Crippen LogP contribution in [0.2, 0.25) is 0 Å². The van der Waals surface area contributed by atoms with E-state index in [2.05, 4.69) is 10.1 Å². The summed E-state index contributed by atoms with van der Waals surface area (Å²) in [6.45, 7) is 1.55. The molecule has 0 saturated carbocycles. The Morgan fingerprint density at radius 1 is 1.03 bits per heavy atom. The van der Waals surface area contributed by atoms with Crippen molar-refractivity contribution in [1.29, 1.82) is 0 Å². The van der Waals surface area contributed by atoms with Gasteiger partial charge in [0.1, 0.15) is 18.1 Å². The molecule has 3 amide bonds. The van der Waals surface area contributed by atoms with Gasteiger partial charge in [0.05, 0.1) is 17.6 Å². The van der Waals surface area contributed by atoms with Crippen molar-refractivity contribution in [1.82, 2.24) is 4.90 Å². The fraction of sp³-hybridized carbons (Fsp3) is 0.120. The predicted octanol–water partition coefficient (Wildman–Crippen LogP) is 4.72. The number of anilines is 1. The van der Waals surface area contributed by atoms with Gasteiger partial charge in [-0.1, -0.05) is 29.8 Å². The van der Waals surface area contributed by atoms with Crippen LogP contribution in [0.15, 0.2) is 70.0 Å². The minimum Gasteiger partial charge on any atom is -0.465 e. The van der Waals surface area contributed by atoms with E-state index in [1.807, 2.05) is 19.1 Å². The molecular formula is C25H20N2O6S. The number of benzene rings is 2. The van der Waals surface area contributed by atoms with E-state index in [0.717, 1.165) is 27.8 Å². The molecule has 0 unspecified atom stereocenters. The van der Waals surface area contributed by atoms with Crippen molar-refractivity contribution in [2.75, 3.05) is 19.0 Å². The molecule has 1 fully saturated rings. The smallest absolute Gasteiger partial charge is 0.337 e. The normalized spacial score (nSPS) is 14.5. The lowest BCUT2D eigenvalue weighted by molar-refractivity contribution is -0.127. The fourth-order valence-corrected chi connectivity index (χ4v) is 4.04. The quantitative estimate of drug-likeness (QED) is 0.405. The van der Waals surface area contributed by atoms with Crippen LogP contribution in [0, 0.1) is 6.92 Å². The van der Waals surface area contributed by atoms with Gasteiger partial charge in [0.15, 0.2) is 0 Å². The van der Waals surface area contributed by atoms with E-state index in [1.165, 1.54) is 13.2 Å². The highest BCUT2D eigenvalue weighted by Gasteiger charge is 2.36. The molecule has 2 aromatic carbocycles. The monoisotopic (exact) mass is 476 g/mol. The van der Waals surface area contributed by atoms with Gasteiger partial charge in [-0.25, -0.2) is 4.79 Å². The Morgan fingerprint density at radius 2 is 1.74 bits per heavy atom. The van der Waals surface area contributed by atoms with Crippen LogP contribution in [0.4, 0.5) is 10.5 Å². The first-order chi connectivity index (χ1) is 16.3. The van der Waals surface area contributed by atoms with Crippen LogP contribution in [0.5, 0.6) is 0 Å². The largest absolute Gasteiger partial charge is 0.465 e. The van der Waals surface area contributed by atoms with Crippen LogP contribution >= 0.6 is 11.8 Å². The lowest BCUT2D eigenvalue weighted by Crippen LogP contribution is -2.36. The van der Waals surface area contributed by atoms with E-state index in [1.54, 1.807) is 48.5 Å². The standard InChI is InChI=1S/C25H20N2O6S/c1-15-3-9-18(10-4-15)26-22(28)14-27-23(29)21(34-25(27)31)13-19-11-12-20(33-19)16-5-7-17(8-6-16)24(30)32-2/h3-13H,14H2,1-2H3,(H,26,28)/b21-13+. The summed E-state index contributed by atoms with van der Waals surface area (Å²) >= 11 is 0.747. The molecule has 2 heterocycles. The number of methoxy groups -OCH3 is 1. The van der Waals surface area contributed by atoms with Crippen molar-refractivity contribution < 1.29 is 28.3 Å². The molecule has 3 aromatic rings. The van der Waals surface area contributed by atoms with Crippen molar-refractivity contribution in [3.05, 3.63) is 82.5 Å². The summed E-state index contributed by atoms with van der Waals surface area (Å²) in [7, 11) is 1.31. The van der Waals surface area contributed by atoms with E-state index in [4.69, 9.17) is 4.42 Å². The number of aryl methyl sites for hydroxylation is 1. The number of imide groups is 1. The highest BCUT2D eigenvalue weighted by molar-refractivity contribution is 8.18. The highest BCUT2D eigenvalue weighted by atomic mass is 32.2. The summed E-state index contributed by atoms with van der Waals surface area (Å²) in [6, 6.07) is 17.3. The Morgan fingerprint density at radius 3 is 2.41 bits per heavy atom. The van der Waals surface area contributed by atoms with Crippen LogP contribution in [0.3, 0.4) is 0 Å². The average Bonchev–Trinajstić information content (AvgIpc) is 3.40. The second-order valence-corrected chi connectivity index (χ2v) is 8.45. The van der Waals surface area contributed by atoms with Crippen molar-refractivity contribution in [3.63, 3.8) is 0 Å². The zero-order valence-corrected chi connectivity index (χ0v) is 19.2. The molecule has 0 aliphatic carbocycles. The molecule has 1 N–H and O–H groups in total. The van der Waals surface area contributed by atoms with Crippen molar-refractivity contribution in [2.45, 2.75) is 6.92 Å². The number of esters is 1. The molecule has 0 radical (unpaired) electrons. The minimum absolute atomic E-state index is 0.162. The van der Waals surface area contributed by atoms with Gasteiger partial charge in [-0.05, 0) is 55.1 Å². The molecule has 4 rings (SSSR count). The van der Waals surface area contributed by atoms with Crippen LogP contribution in [0.1, 0.15) is 21.7 Å². The maximum Gasteiger partial charge on any atom is 0.337 e. The SMILES string of the molecule is COC(=O)c1ccc(-c2ccc(/C=C3/SC(=O)N(CC(=O)Nc4ccc(C)cc4)C3=O)o2)cc1. The first-order valence-corrected chi connectivity index (χ1v) is 11.1. The van der Waals surface area contributed by atoms with Gasteiger partial charge in [0.25, 0.3) is 11.1 Å². The Hall–Kier alpha value is -4.11. The zero-order chi connectivity index (χ0) is 24.2. The number of carbonyl (C=O) groups is 4. The Bertz CT molecular complexity index is 1290. The number of hydrogen-bond acceptors (Lipinski definition) is 7. The molecule has 1 saturated heterocycles. The predicted molar refractivity (Wildman–Crippen MR) is 128 cm³/mol. The van der Waals surface area contributed by atoms with Gasteiger partial charge in [0.2, 0.25) is 5.91 Å². The van der Waals surface area contributed by atoms with Gasteiger partial charge in [-0.15, -0.1) is 0 Å². The first kappa shape index (κ1) is 23.1. The van der Waals surface area contributed by atoms with E-state index >= 15 is 0 Å². The van der Waals surface area contributed by atoms with E-state index < -0.39 is 23.0 Å². The Labute approximate surface area is 199 Å². The topological polar surface area (TPSA) is 106 Å². The molecule has 1 aromatic heterocycles. The third-order valence-electron chi connectivity index (χ3n) is 5.00. The lowest BCUT2D eigenvalue weighted by Gasteiger charge is -2.12. The van der Waals surface area contributed by atoms with Crippen LogP contribution in [-0.2, 0) is 14.3 Å². The maximum absolute atomic E-state index is 12.7. The molecule has 9 heteroatoms. The van der Waals surface area contributed by atoms with E-state index in [-0.39, 0.29) is 11.4 Å². The molecule has 172 valence electrons. The second kappa shape index (κ2) is 9.80. The van der Waals surface area contributed by atoms with Crippen LogP contribution < -0.4 is 5.32 Å². The molecular weight excluding hydrogens is 456 g/mol. The molecule has 0 atom stereocenters. The fourth-order valence-electron chi connectivity index (χ4n) is 3.22. The van der Waals surface area contributed by atoms with Gasteiger partial charge < -0.3 is 14.5 Å². The molecule has 0 spiro atoms. The molecule has 0 bridgehead atoms. The van der Waals surface area contributed by atoms with E-state index in [9.17, 15) is 19.2 Å². The molecule has 1 aliphatic heterocycles. The third kappa shape index (κ3) is 5.10. The lowest BCUT2D eigenvalue weighted by atomic mass is 10.1. The zero-order valence-electron chi connectivity index (χ0n) is 18.4.